The van der Waals surface area contributed by atoms with Gasteiger partial charge in [-0.15, -0.1) is 0 Å². The Labute approximate surface area is 124 Å². The first-order chi connectivity index (χ1) is 9.54. The Hall–Kier alpha value is -0.900. The highest BCUT2D eigenvalue weighted by Gasteiger charge is 2.20. The van der Waals surface area contributed by atoms with E-state index in [1.165, 1.54) is 5.56 Å². The van der Waals surface area contributed by atoms with Gasteiger partial charge in [0.25, 0.3) is 0 Å². The molecule has 3 nitrogen and oxygen atoms in total. The zero-order valence-corrected chi connectivity index (χ0v) is 13.4. The molecule has 0 aliphatic rings. The van der Waals surface area contributed by atoms with Crippen LogP contribution < -0.4 is 5.32 Å². The summed E-state index contributed by atoms with van der Waals surface area (Å²) in [7, 11) is 0. The highest BCUT2D eigenvalue weighted by molar-refractivity contribution is 5.19. The molecule has 0 heterocycles. The number of nitrogens with one attached hydrogen (secondary N) is 1. The molecule has 2 N–H and O–H groups in total. The molecule has 0 aromatic heterocycles. The van der Waals surface area contributed by atoms with Crippen molar-refractivity contribution in [1.29, 1.82) is 0 Å². The Bertz CT molecular complexity index is 361. The van der Waals surface area contributed by atoms with E-state index in [9.17, 15) is 5.11 Å². The van der Waals surface area contributed by atoms with Gasteiger partial charge >= 0.3 is 0 Å². The first kappa shape index (κ1) is 17.2. The molecule has 0 amide bonds. The van der Waals surface area contributed by atoms with Crippen LogP contribution in [0.5, 0.6) is 0 Å². The van der Waals surface area contributed by atoms with Gasteiger partial charge in [-0.25, -0.2) is 0 Å². The second kappa shape index (κ2) is 8.40. The van der Waals surface area contributed by atoms with Crippen LogP contribution in [0.15, 0.2) is 30.3 Å². The summed E-state index contributed by atoms with van der Waals surface area (Å²) in [5.41, 5.74) is 0.713. The van der Waals surface area contributed by atoms with Crippen molar-refractivity contribution < 1.29 is 5.11 Å². The summed E-state index contributed by atoms with van der Waals surface area (Å²) in [4.78, 5) is 2.45. The van der Waals surface area contributed by atoms with E-state index in [0.29, 0.717) is 12.6 Å². The van der Waals surface area contributed by atoms with E-state index >= 15 is 0 Å². The summed E-state index contributed by atoms with van der Waals surface area (Å²) >= 11 is 0. The fraction of sp³-hybridized carbons (Fsp3) is 0.647. The van der Waals surface area contributed by atoms with E-state index in [2.05, 4.69) is 54.4 Å². The Morgan fingerprint density at radius 3 is 2.25 bits per heavy atom. The number of hydrogen-bond donors (Lipinski definition) is 2. The summed E-state index contributed by atoms with van der Waals surface area (Å²) in [5, 5.41) is 13.5. The Kier molecular flexibility index (Phi) is 7.20. The van der Waals surface area contributed by atoms with Gasteiger partial charge in [0.2, 0.25) is 0 Å². The first-order valence-corrected chi connectivity index (χ1v) is 7.76. The molecule has 0 bridgehead atoms. The molecule has 1 aromatic rings. The van der Waals surface area contributed by atoms with Gasteiger partial charge in [-0.05, 0) is 32.0 Å². The SMILES string of the molecule is CCN(CC)C(CNCC(C)(O)CC)c1ccccc1. The molecule has 0 saturated heterocycles. The molecule has 0 saturated carbocycles. The number of aliphatic hydroxyl groups is 1. The third kappa shape index (κ3) is 5.23. The summed E-state index contributed by atoms with van der Waals surface area (Å²) in [5.74, 6) is 0. The Balaban J connectivity index is 2.69. The molecule has 114 valence electrons. The van der Waals surface area contributed by atoms with Gasteiger partial charge in [-0.2, -0.15) is 0 Å². The van der Waals surface area contributed by atoms with Crippen molar-refractivity contribution in [2.75, 3.05) is 26.2 Å². The van der Waals surface area contributed by atoms with E-state index < -0.39 is 5.60 Å². The predicted molar refractivity (Wildman–Crippen MR) is 85.9 cm³/mol. The molecule has 20 heavy (non-hydrogen) atoms. The third-order valence-corrected chi connectivity index (χ3v) is 4.04. The summed E-state index contributed by atoms with van der Waals surface area (Å²) in [6.45, 7) is 11.8. The van der Waals surface area contributed by atoms with Gasteiger partial charge in [0.1, 0.15) is 0 Å². The molecular formula is C17H30N2O. The smallest absolute Gasteiger partial charge is 0.0741 e. The second-order valence-corrected chi connectivity index (χ2v) is 5.63. The standard InChI is InChI=1S/C17H30N2O/c1-5-17(4,20)14-18-13-16(19(6-2)7-3)15-11-9-8-10-12-15/h8-12,16,18,20H,5-7,13-14H2,1-4H3. The monoisotopic (exact) mass is 278 g/mol. The quantitative estimate of drug-likeness (QED) is 0.729. The lowest BCUT2D eigenvalue weighted by molar-refractivity contribution is 0.0534. The van der Waals surface area contributed by atoms with Crippen molar-refractivity contribution in [3.8, 4) is 0 Å². The van der Waals surface area contributed by atoms with Gasteiger partial charge in [-0.3, -0.25) is 4.90 Å². The lowest BCUT2D eigenvalue weighted by Gasteiger charge is -2.31. The molecule has 2 unspecified atom stereocenters. The highest BCUT2D eigenvalue weighted by Crippen LogP contribution is 2.19. The Morgan fingerprint density at radius 2 is 1.75 bits per heavy atom. The molecule has 0 spiro atoms. The normalized spacial score (nSPS) is 16.1. The molecule has 0 fully saturated rings. The number of benzene rings is 1. The van der Waals surface area contributed by atoms with Crippen LogP contribution in [-0.4, -0.2) is 41.8 Å². The van der Waals surface area contributed by atoms with Crippen LogP contribution in [0.3, 0.4) is 0 Å². The summed E-state index contributed by atoms with van der Waals surface area (Å²) < 4.78 is 0. The lowest BCUT2D eigenvalue weighted by Crippen LogP contribution is -2.42. The van der Waals surface area contributed by atoms with E-state index in [1.54, 1.807) is 0 Å². The molecule has 2 atom stereocenters. The maximum atomic E-state index is 10.1. The van der Waals surface area contributed by atoms with Crippen molar-refractivity contribution in [2.45, 2.75) is 45.8 Å². The fourth-order valence-corrected chi connectivity index (χ4v) is 2.40. The van der Waals surface area contributed by atoms with Crippen molar-refractivity contribution in [3.05, 3.63) is 35.9 Å². The van der Waals surface area contributed by atoms with E-state index in [4.69, 9.17) is 0 Å². The second-order valence-electron chi connectivity index (χ2n) is 5.63. The number of nitrogens with zero attached hydrogens (tertiary/aromatic N) is 1. The maximum Gasteiger partial charge on any atom is 0.0741 e. The highest BCUT2D eigenvalue weighted by atomic mass is 16.3. The van der Waals surface area contributed by atoms with E-state index in [-0.39, 0.29) is 0 Å². The van der Waals surface area contributed by atoms with Crippen LogP contribution in [-0.2, 0) is 0 Å². The Morgan fingerprint density at radius 1 is 1.15 bits per heavy atom. The average Bonchev–Trinajstić information content (AvgIpc) is 2.47. The largest absolute Gasteiger partial charge is 0.389 e. The van der Waals surface area contributed by atoms with Gasteiger partial charge in [0.05, 0.1) is 5.60 Å². The van der Waals surface area contributed by atoms with Crippen LogP contribution in [0.2, 0.25) is 0 Å². The minimum absolute atomic E-state index is 0.360. The fourth-order valence-electron chi connectivity index (χ4n) is 2.40. The predicted octanol–water partition coefficient (Wildman–Crippen LogP) is 2.82. The van der Waals surface area contributed by atoms with Gasteiger partial charge < -0.3 is 10.4 Å². The summed E-state index contributed by atoms with van der Waals surface area (Å²) in [6.07, 6.45) is 0.765. The zero-order valence-electron chi connectivity index (χ0n) is 13.4. The average molecular weight is 278 g/mol. The van der Waals surface area contributed by atoms with Crippen LogP contribution in [0, 0.1) is 0 Å². The maximum absolute atomic E-state index is 10.1. The first-order valence-electron chi connectivity index (χ1n) is 7.76. The molecule has 3 heteroatoms. The van der Waals surface area contributed by atoms with Crippen molar-refractivity contribution in [2.24, 2.45) is 0 Å². The van der Waals surface area contributed by atoms with Crippen LogP contribution in [0.4, 0.5) is 0 Å². The number of hydrogen-bond acceptors (Lipinski definition) is 3. The minimum atomic E-state index is -0.621. The van der Waals surface area contributed by atoms with Gasteiger partial charge in [-0.1, -0.05) is 51.1 Å². The number of likely N-dealkylation sites (N-methyl/N-ethyl adjacent to an activating group) is 1. The molecule has 0 aliphatic heterocycles. The molecular weight excluding hydrogens is 248 g/mol. The van der Waals surface area contributed by atoms with Crippen molar-refractivity contribution >= 4 is 0 Å². The molecule has 0 radical (unpaired) electrons. The topological polar surface area (TPSA) is 35.5 Å². The zero-order chi connectivity index (χ0) is 15.0. The number of rotatable bonds is 9. The van der Waals surface area contributed by atoms with Crippen LogP contribution in [0.25, 0.3) is 0 Å². The molecule has 0 aliphatic carbocycles. The van der Waals surface area contributed by atoms with Crippen LogP contribution >= 0.6 is 0 Å². The van der Waals surface area contributed by atoms with E-state index in [1.807, 2.05) is 13.8 Å². The van der Waals surface area contributed by atoms with Crippen LogP contribution in [0.1, 0.15) is 45.7 Å². The summed E-state index contributed by atoms with van der Waals surface area (Å²) in [6, 6.07) is 11.0. The van der Waals surface area contributed by atoms with Gasteiger partial charge in [0, 0.05) is 19.1 Å². The third-order valence-electron chi connectivity index (χ3n) is 4.04. The molecule has 1 rings (SSSR count). The van der Waals surface area contributed by atoms with E-state index in [0.717, 1.165) is 26.1 Å². The minimum Gasteiger partial charge on any atom is -0.389 e. The van der Waals surface area contributed by atoms with Crippen molar-refractivity contribution in [3.63, 3.8) is 0 Å². The lowest BCUT2D eigenvalue weighted by atomic mass is 10.0. The van der Waals surface area contributed by atoms with Crippen molar-refractivity contribution in [1.82, 2.24) is 10.2 Å². The molecule has 1 aromatic carbocycles. The van der Waals surface area contributed by atoms with Gasteiger partial charge in [0.15, 0.2) is 0 Å².